The number of thiophene rings is 1. The van der Waals surface area contributed by atoms with Gasteiger partial charge in [0.2, 0.25) is 0 Å². The molecule has 6 nitrogen and oxygen atoms in total. The number of nitrogens with one attached hydrogen (secondary N) is 2. The van der Waals surface area contributed by atoms with Crippen LogP contribution < -0.4 is 16.4 Å². The van der Waals surface area contributed by atoms with Crippen molar-refractivity contribution >= 4 is 39.4 Å². The van der Waals surface area contributed by atoms with Crippen LogP contribution in [-0.4, -0.2) is 17.2 Å². The molecule has 0 bridgehead atoms. The Kier molecular flexibility index (Phi) is 4.74. The number of rotatable bonds is 4. The van der Waals surface area contributed by atoms with Crippen LogP contribution in [0.2, 0.25) is 0 Å². The van der Waals surface area contributed by atoms with Gasteiger partial charge in [-0.3, -0.25) is 14.8 Å². The minimum absolute atomic E-state index is 0.110. The predicted octanol–water partition coefficient (Wildman–Crippen LogP) is 4.30. The molecule has 0 aliphatic carbocycles. The molecular formula is C23H19N5OS. The van der Waals surface area contributed by atoms with E-state index in [9.17, 15) is 4.79 Å². The fourth-order valence-corrected chi connectivity index (χ4v) is 4.68. The molecule has 7 heteroatoms. The first kappa shape index (κ1) is 18.5. The average molecular weight is 414 g/mol. The number of nitrogens with two attached hydrogens (primary N) is 1. The number of hydrogen-bond acceptors (Lipinski definition) is 6. The van der Waals surface area contributed by atoms with Gasteiger partial charge in [-0.15, -0.1) is 11.3 Å². The van der Waals surface area contributed by atoms with Crippen LogP contribution in [0, 0.1) is 0 Å². The van der Waals surface area contributed by atoms with Gasteiger partial charge in [0, 0.05) is 34.6 Å². The second-order valence-electron chi connectivity index (χ2n) is 7.04. The van der Waals surface area contributed by atoms with Gasteiger partial charge in [-0.05, 0) is 41.0 Å². The highest BCUT2D eigenvalue weighted by Gasteiger charge is 2.20. The number of fused-ring (bicyclic) bond motifs is 3. The monoisotopic (exact) mass is 413 g/mol. The van der Waals surface area contributed by atoms with Gasteiger partial charge in [0.1, 0.15) is 6.17 Å². The molecule has 0 radical (unpaired) electrons. The number of pyridine rings is 1. The molecule has 0 saturated carbocycles. The summed E-state index contributed by atoms with van der Waals surface area (Å²) in [4.78, 5) is 21.9. The Bertz CT molecular complexity index is 1270. The van der Waals surface area contributed by atoms with Crippen molar-refractivity contribution < 1.29 is 4.79 Å². The third-order valence-electron chi connectivity index (χ3n) is 5.06. The van der Waals surface area contributed by atoms with Crippen molar-refractivity contribution in [3.63, 3.8) is 0 Å². The summed E-state index contributed by atoms with van der Waals surface area (Å²) in [6, 6.07) is 17.8. The summed E-state index contributed by atoms with van der Waals surface area (Å²) < 4.78 is 1.14. The Balaban J connectivity index is 1.41. The van der Waals surface area contributed by atoms with Crippen molar-refractivity contribution in [2.75, 3.05) is 5.32 Å². The molecule has 0 spiro atoms. The van der Waals surface area contributed by atoms with E-state index in [4.69, 9.17) is 5.73 Å². The molecule has 1 unspecified atom stereocenters. The molecule has 2 aromatic carbocycles. The van der Waals surface area contributed by atoms with Gasteiger partial charge in [0.05, 0.1) is 16.9 Å². The minimum atomic E-state index is -0.325. The standard InChI is InChI=1S/C23H19N5OS/c24-22-21-20(27-13-28-22)18-7-6-16(10-19(18)30-21)15-4-1-5-17(9-15)23(29)26-12-14-3-2-8-25-11-14/h1-11,13,22H,12,24H2,(H,26,29)(H,27,28). The first-order chi connectivity index (χ1) is 14.7. The van der Waals surface area contributed by atoms with E-state index in [1.165, 1.54) is 0 Å². The lowest BCUT2D eigenvalue weighted by Gasteiger charge is -2.13. The molecular weight excluding hydrogens is 394 g/mol. The lowest BCUT2D eigenvalue weighted by Crippen LogP contribution is -2.22. The summed E-state index contributed by atoms with van der Waals surface area (Å²) in [6.07, 6.45) is 4.79. The van der Waals surface area contributed by atoms with E-state index in [-0.39, 0.29) is 12.1 Å². The first-order valence-corrected chi connectivity index (χ1v) is 10.4. The highest BCUT2D eigenvalue weighted by molar-refractivity contribution is 7.20. The topological polar surface area (TPSA) is 92.4 Å². The van der Waals surface area contributed by atoms with E-state index in [0.29, 0.717) is 12.1 Å². The van der Waals surface area contributed by atoms with Gasteiger partial charge in [-0.2, -0.15) is 0 Å². The van der Waals surface area contributed by atoms with Crippen molar-refractivity contribution in [3.05, 3.63) is 83.0 Å². The van der Waals surface area contributed by atoms with E-state index in [1.807, 2.05) is 36.4 Å². The Hall–Kier alpha value is -3.55. The Labute approximate surface area is 177 Å². The van der Waals surface area contributed by atoms with Crippen LogP contribution in [-0.2, 0) is 6.54 Å². The van der Waals surface area contributed by atoms with Crippen molar-refractivity contribution in [1.29, 1.82) is 0 Å². The summed E-state index contributed by atoms with van der Waals surface area (Å²) in [5, 5.41) is 7.29. The van der Waals surface area contributed by atoms with Gasteiger partial charge < -0.3 is 16.4 Å². The SMILES string of the molecule is NC1N=CNc2c1sc1cc(-c3cccc(C(=O)NCc4cccnc4)c3)ccc21. The van der Waals surface area contributed by atoms with E-state index in [1.54, 1.807) is 30.1 Å². The van der Waals surface area contributed by atoms with E-state index < -0.39 is 0 Å². The lowest BCUT2D eigenvalue weighted by atomic mass is 10.0. The number of hydrogen-bond donors (Lipinski definition) is 3. The zero-order valence-corrected chi connectivity index (χ0v) is 16.8. The highest BCUT2D eigenvalue weighted by Crippen LogP contribution is 2.41. The molecule has 0 saturated heterocycles. The largest absolute Gasteiger partial charge is 0.348 e. The van der Waals surface area contributed by atoms with Gasteiger partial charge in [-0.25, -0.2) is 0 Å². The molecule has 0 fully saturated rings. The lowest BCUT2D eigenvalue weighted by molar-refractivity contribution is 0.0951. The minimum Gasteiger partial charge on any atom is -0.348 e. The molecule has 148 valence electrons. The molecule has 4 N–H and O–H groups in total. The van der Waals surface area contributed by atoms with Gasteiger partial charge in [0.25, 0.3) is 5.91 Å². The normalized spacial score (nSPS) is 14.9. The smallest absolute Gasteiger partial charge is 0.251 e. The van der Waals surface area contributed by atoms with Crippen molar-refractivity contribution in [3.8, 4) is 11.1 Å². The van der Waals surface area contributed by atoms with Crippen LogP contribution in [0.3, 0.4) is 0 Å². The van der Waals surface area contributed by atoms with Crippen molar-refractivity contribution in [2.45, 2.75) is 12.7 Å². The number of carbonyl (C=O) groups is 1. The fraction of sp³-hybridized carbons (Fsp3) is 0.0870. The van der Waals surface area contributed by atoms with E-state index in [2.05, 4.69) is 38.8 Å². The van der Waals surface area contributed by atoms with Crippen LogP contribution in [0.15, 0.2) is 72.0 Å². The maximum atomic E-state index is 12.6. The number of anilines is 1. The molecule has 3 heterocycles. The summed E-state index contributed by atoms with van der Waals surface area (Å²) in [5.41, 5.74) is 10.8. The maximum absolute atomic E-state index is 12.6. The summed E-state index contributed by atoms with van der Waals surface area (Å²) in [5.74, 6) is -0.110. The second kappa shape index (κ2) is 7.70. The van der Waals surface area contributed by atoms with Crippen LogP contribution >= 0.6 is 11.3 Å². The number of nitrogens with zero attached hydrogens (tertiary/aromatic N) is 2. The second-order valence-corrected chi connectivity index (χ2v) is 8.13. The zero-order chi connectivity index (χ0) is 20.5. The highest BCUT2D eigenvalue weighted by atomic mass is 32.1. The van der Waals surface area contributed by atoms with Crippen molar-refractivity contribution in [1.82, 2.24) is 10.3 Å². The maximum Gasteiger partial charge on any atom is 0.251 e. The fourth-order valence-electron chi connectivity index (χ4n) is 3.53. The number of benzene rings is 2. The average Bonchev–Trinajstić information content (AvgIpc) is 3.17. The zero-order valence-electron chi connectivity index (χ0n) is 16.0. The van der Waals surface area contributed by atoms with Crippen LogP contribution in [0.1, 0.15) is 27.0 Å². The summed E-state index contributed by atoms with van der Waals surface area (Å²) >= 11 is 1.65. The number of aromatic nitrogens is 1. The predicted molar refractivity (Wildman–Crippen MR) is 122 cm³/mol. The number of carbonyl (C=O) groups excluding carboxylic acids is 1. The third kappa shape index (κ3) is 3.45. The Morgan fingerprint density at radius 1 is 1.13 bits per heavy atom. The molecule has 1 atom stereocenters. The molecule has 1 aliphatic rings. The van der Waals surface area contributed by atoms with E-state index >= 15 is 0 Å². The molecule has 1 aliphatic heterocycles. The van der Waals surface area contributed by atoms with Gasteiger partial charge in [-0.1, -0.05) is 30.3 Å². The van der Waals surface area contributed by atoms with Crippen LogP contribution in [0.5, 0.6) is 0 Å². The van der Waals surface area contributed by atoms with Crippen molar-refractivity contribution in [2.24, 2.45) is 10.7 Å². The molecule has 4 aromatic rings. The van der Waals surface area contributed by atoms with Crippen LogP contribution in [0.4, 0.5) is 5.69 Å². The molecule has 1 amide bonds. The quantitative estimate of drug-likeness (QED) is 0.465. The van der Waals surface area contributed by atoms with Gasteiger partial charge in [0.15, 0.2) is 0 Å². The summed E-state index contributed by atoms with van der Waals surface area (Å²) in [6.45, 7) is 0.443. The van der Waals surface area contributed by atoms with Crippen LogP contribution in [0.25, 0.3) is 21.2 Å². The van der Waals surface area contributed by atoms with Gasteiger partial charge >= 0.3 is 0 Å². The van der Waals surface area contributed by atoms with E-state index in [0.717, 1.165) is 37.3 Å². The first-order valence-electron chi connectivity index (χ1n) is 9.57. The number of amides is 1. The number of aliphatic imine (C=N–C) groups is 1. The molecule has 5 rings (SSSR count). The Morgan fingerprint density at radius 2 is 2.03 bits per heavy atom. The molecule has 30 heavy (non-hydrogen) atoms. The third-order valence-corrected chi connectivity index (χ3v) is 6.29. The summed E-state index contributed by atoms with van der Waals surface area (Å²) in [7, 11) is 0. The molecule has 2 aromatic heterocycles. The Morgan fingerprint density at radius 3 is 2.90 bits per heavy atom.